The molecular formula is C22H15ClN6OS. The Labute approximate surface area is 187 Å². The van der Waals surface area contributed by atoms with Crippen LogP contribution >= 0.6 is 23.4 Å². The van der Waals surface area contributed by atoms with Gasteiger partial charge in [0.2, 0.25) is 5.91 Å². The first-order valence-electron chi connectivity index (χ1n) is 9.18. The minimum Gasteiger partial charge on any atom is -0.325 e. The SMILES string of the molecule is N#Cc1cccc(NC(=O)CSc2nnc(-c3ccncc3)n2-c2ccc(Cl)cc2)c1. The fraction of sp³-hybridized carbons (Fsp3) is 0.0455. The summed E-state index contributed by atoms with van der Waals surface area (Å²) in [4.78, 5) is 16.5. The Hall–Kier alpha value is -3.67. The van der Waals surface area contributed by atoms with Crippen molar-refractivity contribution >= 4 is 35.0 Å². The number of carbonyl (C=O) groups is 1. The van der Waals surface area contributed by atoms with Gasteiger partial charge >= 0.3 is 0 Å². The van der Waals surface area contributed by atoms with E-state index in [4.69, 9.17) is 16.9 Å². The minimum absolute atomic E-state index is 0.124. The van der Waals surface area contributed by atoms with Gasteiger partial charge in [-0.25, -0.2) is 0 Å². The van der Waals surface area contributed by atoms with Crippen molar-refractivity contribution in [3.63, 3.8) is 0 Å². The lowest BCUT2D eigenvalue weighted by Crippen LogP contribution is -2.14. The van der Waals surface area contributed by atoms with Crippen LogP contribution in [0.2, 0.25) is 5.02 Å². The standard InChI is InChI=1S/C22H15ClN6OS/c23-17-4-6-19(7-5-17)29-21(16-8-10-25-11-9-16)27-28-22(29)31-14-20(30)26-18-3-1-2-15(12-18)13-24/h1-12H,14H2,(H,26,30). The molecule has 152 valence electrons. The Morgan fingerprint density at radius 2 is 1.87 bits per heavy atom. The zero-order chi connectivity index (χ0) is 21.6. The van der Waals surface area contributed by atoms with E-state index in [2.05, 4.69) is 26.6 Å². The van der Waals surface area contributed by atoms with Crippen LogP contribution in [0.4, 0.5) is 5.69 Å². The molecule has 31 heavy (non-hydrogen) atoms. The zero-order valence-electron chi connectivity index (χ0n) is 16.1. The van der Waals surface area contributed by atoms with Gasteiger partial charge in [0, 0.05) is 34.4 Å². The average Bonchev–Trinajstić information content (AvgIpc) is 3.23. The number of thioether (sulfide) groups is 1. The second-order valence-electron chi connectivity index (χ2n) is 6.38. The molecule has 0 radical (unpaired) electrons. The van der Waals surface area contributed by atoms with E-state index < -0.39 is 0 Å². The van der Waals surface area contributed by atoms with Crippen molar-refractivity contribution in [2.45, 2.75) is 5.16 Å². The van der Waals surface area contributed by atoms with Crippen LogP contribution in [0, 0.1) is 11.3 Å². The molecule has 0 fully saturated rings. The zero-order valence-corrected chi connectivity index (χ0v) is 17.6. The number of nitrogens with zero attached hydrogens (tertiary/aromatic N) is 5. The van der Waals surface area contributed by atoms with E-state index in [1.165, 1.54) is 11.8 Å². The van der Waals surface area contributed by atoms with Gasteiger partial charge in [0.15, 0.2) is 11.0 Å². The molecule has 0 aliphatic heterocycles. The number of amides is 1. The van der Waals surface area contributed by atoms with Crippen LogP contribution < -0.4 is 5.32 Å². The highest BCUT2D eigenvalue weighted by atomic mass is 35.5. The Bertz CT molecular complexity index is 1250. The Morgan fingerprint density at radius 1 is 1.10 bits per heavy atom. The summed E-state index contributed by atoms with van der Waals surface area (Å²) < 4.78 is 1.87. The van der Waals surface area contributed by atoms with Crippen LogP contribution in [-0.4, -0.2) is 31.4 Å². The van der Waals surface area contributed by atoms with Gasteiger partial charge in [-0.1, -0.05) is 29.4 Å². The normalized spacial score (nSPS) is 10.5. The van der Waals surface area contributed by atoms with Crippen molar-refractivity contribution in [3.05, 3.63) is 83.6 Å². The van der Waals surface area contributed by atoms with Crippen molar-refractivity contribution in [2.24, 2.45) is 0 Å². The van der Waals surface area contributed by atoms with Crippen molar-refractivity contribution in [3.8, 4) is 23.1 Å². The summed E-state index contributed by atoms with van der Waals surface area (Å²) in [6.45, 7) is 0. The van der Waals surface area contributed by atoms with Crippen LogP contribution in [0.1, 0.15) is 5.56 Å². The monoisotopic (exact) mass is 446 g/mol. The van der Waals surface area contributed by atoms with Gasteiger partial charge in [-0.3, -0.25) is 14.3 Å². The highest BCUT2D eigenvalue weighted by Gasteiger charge is 2.17. The molecule has 2 heterocycles. The summed E-state index contributed by atoms with van der Waals surface area (Å²) in [6, 6.07) is 19.8. The third kappa shape index (κ3) is 4.91. The number of hydrogen-bond acceptors (Lipinski definition) is 6. The molecule has 9 heteroatoms. The van der Waals surface area contributed by atoms with Crippen LogP contribution in [0.3, 0.4) is 0 Å². The molecule has 1 N–H and O–H groups in total. The third-order valence-corrected chi connectivity index (χ3v) is 5.45. The number of nitriles is 1. The number of pyridine rings is 1. The largest absolute Gasteiger partial charge is 0.325 e. The molecule has 0 saturated heterocycles. The summed E-state index contributed by atoms with van der Waals surface area (Å²) in [5.74, 6) is 0.546. The topological polar surface area (TPSA) is 96.5 Å². The number of nitrogens with one attached hydrogen (secondary N) is 1. The second kappa shape index (κ2) is 9.43. The summed E-state index contributed by atoms with van der Waals surface area (Å²) >= 11 is 7.31. The summed E-state index contributed by atoms with van der Waals surface area (Å²) in [5.41, 5.74) is 2.73. The quantitative estimate of drug-likeness (QED) is 0.435. The minimum atomic E-state index is -0.212. The molecule has 0 unspecified atom stereocenters. The molecule has 0 atom stereocenters. The fourth-order valence-electron chi connectivity index (χ4n) is 2.87. The van der Waals surface area contributed by atoms with Gasteiger partial charge in [0.05, 0.1) is 17.4 Å². The maximum absolute atomic E-state index is 12.5. The lowest BCUT2D eigenvalue weighted by atomic mass is 10.2. The van der Waals surface area contributed by atoms with Gasteiger partial charge in [-0.15, -0.1) is 10.2 Å². The Balaban J connectivity index is 1.58. The number of aromatic nitrogens is 4. The molecule has 1 amide bonds. The molecule has 0 spiro atoms. The van der Waals surface area contributed by atoms with E-state index in [1.807, 2.05) is 28.8 Å². The molecule has 7 nitrogen and oxygen atoms in total. The molecule has 2 aromatic carbocycles. The Kier molecular flexibility index (Phi) is 6.26. The molecule has 0 aliphatic carbocycles. The van der Waals surface area contributed by atoms with Crippen LogP contribution in [0.25, 0.3) is 17.1 Å². The molecule has 4 aromatic rings. The molecule has 0 saturated carbocycles. The van der Waals surface area contributed by atoms with Gasteiger partial charge in [0.1, 0.15) is 0 Å². The number of rotatable bonds is 6. The number of hydrogen-bond donors (Lipinski definition) is 1. The lowest BCUT2D eigenvalue weighted by Gasteiger charge is -2.10. The van der Waals surface area contributed by atoms with E-state index in [9.17, 15) is 4.79 Å². The summed E-state index contributed by atoms with van der Waals surface area (Å²) in [5, 5.41) is 21.6. The van der Waals surface area contributed by atoms with Crippen molar-refractivity contribution in [1.82, 2.24) is 19.7 Å². The predicted molar refractivity (Wildman–Crippen MR) is 120 cm³/mol. The van der Waals surface area contributed by atoms with Gasteiger partial charge in [0.25, 0.3) is 0 Å². The van der Waals surface area contributed by atoms with Crippen molar-refractivity contribution in [1.29, 1.82) is 5.26 Å². The van der Waals surface area contributed by atoms with E-state index in [-0.39, 0.29) is 11.7 Å². The van der Waals surface area contributed by atoms with Crippen LogP contribution in [-0.2, 0) is 4.79 Å². The first-order chi connectivity index (χ1) is 15.1. The first kappa shape index (κ1) is 20.6. The van der Waals surface area contributed by atoms with Gasteiger partial charge in [-0.05, 0) is 54.6 Å². The lowest BCUT2D eigenvalue weighted by molar-refractivity contribution is -0.113. The van der Waals surface area contributed by atoms with Crippen molar-refractivity contribution < 1.29 is 4.79 Å². The molecule has 4 rings (SSSR count). The van der Waals surface area contributed by atoms with Crippen LogP contribution in [0.15, 0.2) is 78.2 Å². The predicted octanol–water partition coefficient (Wildman–Crippen LogP) is 4.59. The maximum Gasteiger partial charge on any atom is 0.234 e. The first-order valence-corrected chi connectivity index (χ1v) is 10.5. The van der Waals surface area contributed by atoms with Crippen molar-refractivity contribution in [2.75, 3.05) is 11.1 Å². The number of anilines is 1. The highest BCUT2D eigenvalue weighted by Crippen LogP contribution is 2.28. The maximum atomic E-state index is 12.5. The summed E-state index contributed by atoms with van der Waals surface area (Å²) in [6.07, 6.45) is 3.37. The molecule has 0 aliphatic rings. The Morgan fingerprint density at radius 3 is 2.61 bits per heavy atom. The molecule has 2 aromatic heterocycles. The summed E-state index contributed by atoms with van der Waals surface area (Å²) in [7, 11) is 0. The highest BCUT2D eigenvalue weighted by molar-refractivity contribution is 7.99. The van der Waals surface area contributed by atoms with E-state index in [1.54, 1.807) is 48.8 Å². The average molecular weight is 447 g/mol. The van der Waals surface area contributed by atoms with Crippen LogP contribution in [0.5, 0.6) is 0 Å². The smallest absolute Gasteiger partial charge is 0.234 e. The molecule has 0 bridgehead atoms. The van der Waals surface area contributed by atoms with Gasteiger partial charge in [-0.2, -0.15) is 5.26 Å². The van der Waals surface area contributed by atoms with E-state index >= 15 is 0 Å². The second-order valence-corrected chi connectivity index (χ2v) is 7.76. The third-order valence-electron chi connectivity index (χ3n) is 4.26. The number of benzene rings is 2. The van der Waals surface area contributed by atoms with E-state index in [0.29, 0.717) is 27.3 Å². The van der Waals surface area contributed by atoms with E-state index in [0.717, 1.165) is 11.3 Å². The fourth-order valence-corrected chi connectivity index (χ4v) is 3.75. The van der Waals surface area contributed by atoms with Gasteiger partial charge < -0.3 is 5.32 Å². The molecular weight excluding hydrogens is 432 g/mol. The number of carbonyl (C=O) groups excluding carboxylic acids is 1. The number of halogens is 1.